The summed E-state index contributed by atoms with van der Waals surface area (Å²) in [5.74, 6) is 0.613. The van der Waals surface area contributed by atoms with Crippen LogP contribution in [0.2, 0.25) is 0 Å². The average Bonchev–Trinajstić information content (AvgIpc) is 3.67. The van der Waals surface area contributed by atoms with Crippen LogP contribution >= 0.6 is 0 Å². The Kier molecular flexibility index (Phi) is 7.68. The first-order chi connectivity index (χ1) is 19.4. The number of hydrogen-bond donors (Lipinski definition) is 1. The Bertz CT molecular complexity index is 1380. The maximum absolute atomic E-state index is 14.6. The molecule has 0 bridgehead atoms. The Morgan fingerprint density at radius 3 is 2.80 bits per heavy atom. The summed E-state index contributed by atoms with van der Waals surface area (Å²) in [7, 11) is 0. The monoisotopic (exact) mass is 548 g/mol. The van der Waals surface area contributed by atoms with E-state index in [1.54, 1.807) is 11.0 Å². The molecule has 3 saturated heterocycles. The molecule has 0 saturated carbocycles. The summed E-state index contributed by atoms with van der Waals surface area (Å²) in [6, 6.07) is 4.46. The van der Waals surface area contributed by atoms with Gasteiger partial charge in [0.15, 0.2) is 0 Å². The van der Waals surface area contributed by atoms with Gasteiger partial charge in [0.25, 0.3) is 5.91 Å². The first-order valence-electron chi connectivity index (χ1n) is 14.8. The first-order valence-corrected chi connectivity index (χ1v) is 14.8. The van der Waals surface area contributed by atoms with Gasteiger partial charge in [-0.1, -0.05) is 0 Å². The highest BCUT2D eigenvalue weighted by Gasteiger charge is 2.40. The van der Waals surface area contributed by atoms with E-state index >= 15 is 0 Å². The molecule has 7 nitrogen and oxygen atoms in total. The fourth-order valence-corrected chi connectivity index (χ4v) is 7.21. The van der Waals surface area contributed by atoms with Gasteiger partial charge in [-0.25, -0.2) is 4.39 Å². The van der Waals surface area contributed by atoms with Gasteiger partial charge in [0.05, 0.1) is 35.1 Å². The highest BCUT2D eigenvalue weighted by atomic mass is 19.1. The molecule has 6 rings (SSSR count). The molecule has 0 unspecified atom stereocenters. The van der Waals surface area contributed by atoms with Gasteiger partial charge in [-0.2, -0.15) is 0 Å². The first kappa shape index (κ1) is 27.4. The zero-order valence-electron chi connectivity index (χ0n) is 23.7. The van der Waals surface area contributed by atoms with Crippen LogP contribution in [-0.4, -0.2) is 81.9 Å². The summed E-state index contributed by atoms with van der Waals surface area (Å²) in [6.07, 6.45) is 11.9. The molecule has 1 N–H and O–H groups in total. The second-order valence-corrected chi connectivity index (χ2v) is 12.4. The van der Waals surface area contributed by atoms with Crippen LogP contribution in [0, 0.1) is 24.6 Å². The highest BCUT2D eigenvalue weighted by Crippen LogP contribution is 2.35. The number of aliphatic hydroxyl groups excluding tert-OH is 1. The number of halogens is 1. The predicted octanol–water partition coefficient (Wildman–Crippen LogP) is 4.75. The number of benzene rings is 1. The van der Waals surface area contributed by atoms with Crippen molar-refractivity contribution in [1.29, 1.82) is 0 Å². The van der Waals surface area contributed by atoms with E-state index in [2.05, 4.69) is 23.0 Å². The summed E-state index contributed by atoms with van der Waals surface area (Å²) >= 11 is 0. The number of hydrogen-bond acceptors (Lipinski definition) is 5. The zero-order chi connectivity index (χ0) is 27.9. The van der Waals surface area contributed by atoms with Crippen LogP contribution in [0.5, 0.6) is 0 Å². The van der Waals surface area contributed by atoms with Crippen molar-refractivity contribution in [2.45, 2.75) is 57.9 Å². The molecule has 2 aromatic heterocycles. The van der Waals surface area contributed by atoms with Crippen molar-refractivity contribution < 1.29 is 19.0 Å². The smallest absolute Gasteiger partial charge is 0.256 e. The normalized spacial score (nSPS) is 24.4. The maximum atomic E-state index is 14.6. The number of nitrogens with zero attached hydrogens (tertiary/aromatic N) is 4. The second-order valence-electron chi connectivity index (χ2n) is 12.4. The predicted molar refractivity (Wildman–Crippen MR) is 153 cm³/mol. The summed E-state index contributed by atoms with van der Waals surface area (Å²) in [5, 5.41) is 11.2. The Morgan fingerprint density at radius 1 is 1.18 bits per heavy atom. The molecule has 3 fully saturated rings. The minimum atomic E-state index is -0.637. The van der Waals surface area contributed by atoms with E-state index in [1.165, 1.54) is 29.5 Å². The molecule has 2 atom stereocenters. The van der Waals surface area contributed by atoms with Crippen molar-refractivity contribution in [2.75, 3.05) is 46.0 Å². The second kappa shape index (κ2) is 11.2. The van der Waals surface area contributed by atoms with Crippen molar-refractivity contribution in [2.24, 2.45) is 11.8 Å². The fourth-order valence-electron chi connectivity index (χ4n) is 7.21. The fraction of sp³-hybridized carbons (Fsp3) is 0.562. The van der Waals surface area contributed by atoms with Gasteiger partial charge in [-0.15, -0.1) is 0 Å². The molecule has 5 heterocycles. The van der Waals surface area contributed by atoms with E-state index in [0.717, 1.165) is 82.0 Å². The molecule has 214 valence electrons. The third-order valence-corrected chi connectivity index (χ3v) is 9.50. The van der Waals surface area contributed by atoms with Gasteiger partial charge in [0, 0.05) is 50.6 Å². The van der Waals surface area contributed by atoms with Gasteiger partial charge in [-0.3, -0.25) is 9.78 Å². The van der Waals surface area contributed by atoms with Crippen molar-refractivity contribution in [3.05, 3.63) is 59.3 Å². The van der Waals surface area contributed by atoms with E-state index in [-0.39, 0.29) is 12.5 Å². The summed E-state index contributed by atoms with van der Waals surface area (Å²) < 4.78 is 22.2. The van der Waals surface area contributed by atoms with E-state index in [0.29, 0.717) is 23.7 Å². The molecule has 0 spiro atoms. The van der Waals surface area contributed by atoms with Crippen molar-refractivity contribution >= 4 is 16.8 Å². The van der Waals surface area contributed by atoms with E-state index in [9.17, 15) is 14.3 Å². The standard InChI is InChI=1S/C32H41FN4O3/c1-22-16-34-17-29-30(22)25(14-24-6-11-35(19-24)18-23-7-12-40-13-8-23)20-36(29)28-5-4-26(33)15-27(28)31(39)37-10-3-9-32(37,2)21-38/h4-5,15-17,20,23-24,38H,3,6-14,18-19,21H2,1-2H3/t24-,32-/m0/s1. The SMILES string of the molecule is Cc1cncc2c1c(C[C@@H]1CCN(CC3CCOCC3)C1)cn2-c1ccc(F)cc1C(=O)N1CCC[C@@]1(C)CO. The quantitative estimate of drug-likeness (QED) is 0.462. The molecule has 3 aliphatic heterocycles. The number of aliphatic hydroxyl groups is 1. The Balaban J connectivity index is 1.31. The van der Waals surface area contributed by atoms with E-state index in [1.807, 2.05) is 23.9 Å². The van der Waals surface area contributed by atoms with Gasteiger partial charge in [0.2, 0.25) is 0 Å². The van der Waals surface area contributed by atoms with Crippen molar-refractivity contribution in [1.82, 2.24) is 19.4 Å². The third-order valence-electron chi connectivity index (χ3n) is 9.50. The van der Waals surface area contributed by atoms with E-state index < -0.39 is 11.4 Å². The number of likely N-dealkylation sites (tertiary alicyclic amines) is 2. The molecular formula is C32H41FN4O3. The van der Waals surface area contributed by atoms with Crippen LogP contribution in [0.25, 0.3) is 16.6 Å². The number of amides is 1. The number of ether oxygens (including phenoxy) is 1. The molecule has 40 heavy (non-hydrogen) atoms. The molecule has 0 aliphatic carbocycles. The molecule has 8 heteroatoms. The number of pyridine rings is 1. The lowest BCUT2D eigenvalue weighted by Crippen LogP contribution is -2.47. The van der Waals surface area contributed by atoms with Gasteiger partial charge < -0.3 is 24.2 Å². The molecule has 0 radical (unpaired) electrons. The number of carbonyl (C=O) groups excluding carboxylic acids is 1. The minimum Gasteiger partial charge on any atom is -0.394 e. The maximum Gasteiger partial charge on any atom is 0.256 e. The highest BCUT2D eigenvalue weighted by molar-refractivity contribution is 5.99. The van der Waals surface area contributed by atoms with E-state index in [4.69, 9.17) is 4.74 Å². The van der Waals surface area contributed by atoms with Gasteiger partial charge >= 0.3 is 0 Å². The molecule has 1 amide bonds. The summed E-state index contributed by atoms with van der Waals surface area (Å²) in [5.41, 5.74) is 3.60. The Hall–Kier alpha value is -2.81. The third kappa shape index (κ3) is 5.17. The lowest BCUT2D eigenvalue weighted by atomic mass is 9.97. The largest absolute Gasteiger partial charge is 0.394 e. The van der Waals surface area contributed by atoms with Crippen LogP contribution in [0.4, 0.5) is 4.39 Å². The topological polar surface area (TPSA) is 70.8 Å². The summed E-state index contributed by atoms with van der Waals surface area (Å²) in [4.78, 5) is 22.7. The Labute approximate surface area is 235 Å². The number of aromatic nitrogens is 2. The molecule has 1 aromatic carbocycles. The molecule has 3 aromatic rings. The van der Waals surface area contributed by atoms with Crippen molar-refractivity contribution in [3.63, 3.8) is 0 Å². The molecule has 3 aliphatic rings. The minimum absolute atomic E-state index is 0.115. The van der Waals surface area contributed by atoms with Gasteiger partial charge in [-0.05, 0) is 100 Å². The van der Waals surface area contributed by atoms with Crippen LogP contribution in [0.1, 0.15) is 60.5 Å². The number of fused-ring (bicyclic) bond motifs is 1. The lowest BCUT2D eigenvalue weighted by molar-refractivity contribution is 0.0472. The molecular weight excluding hydrogens is 507 g/mol. The van der Waals surface area contributed by atoms with Crippen LogP contribution in [0.15, 0.2) is 36.8 Å². The number of rotatable bonds is 7. The average molecular weight is 549 g/mol. The Morgan fingerprint density at radius 2 is 2.00 bits per heavy atom. The van der Waals surface area contributed by atoms with Crippen molar-refractivity contribution in [3.8, 4) is 5.69 Å². The van der Waals surface area contributed by atoms with Gasteiger partial charge in [0.1, 0.15) is 5.82 Å². The number of aryl methyl sites for hydroxylation is 1. The summed E-state index contributed by atoms with van der Waals surface area (Å²) in [6.45, 7) is 9.60. The van der Waals surface area contributed by atoms with Crippen LogP contribution < -0.4 is 0 Å². The lowest BCUT2D eigenvalue weighted by Gasteiger charge is -2.34. The van der Waals surface area contributed by atoms with Crippen LogP contribution in [0.3, 0.4) is 0 Å². The van der Waals surface area contributed by atoms with Crippen LogP contribution in [-0.2, 0) is 11.2 Å². The zero-order valence-corrected chi connectivity index (χ0v) is 23.7. The number of carbonyl (C=O) groups is 1.